The lowest BCUT2D eigenvalue weighted by Crippen LogP contribution is -2.46. The zero-order chi connectivity index (χ0) is 28.3. The highest BCUT2D eigenvalue weighted by Crippen LogP contribution is 2.52. The molecule has 39 heavy (non-hydrogen) atoms. The van der Waals surface area contributed by atoms with Gasteiger partial charge in [-0.05, 0) is 81.0 Å². The van der Waals surface area contributed by atoms with Gasteiger partial charge in [0.1, 0.15) is 18.1 Å². The van der Waals surface area contributed by atoms with Gasteiger partial charge < -0.3 is 24.3 Å². The Morgan fingerprint density at radius 3 is 2.59 bits per heavy atom. The van der Waals surface area contributed by atoms with E-state index in [1.165, 1.54) is 4.90 Å². The predicted molar refractivity (Wildman–Crippen MR) is 145 cm³/mol. The molecule has 10 heteroatoms. The maximum Gasteiger partial charge on any atom is 0.455 e. The second-order valence-corrected chi connectivity index (χ2v) is 11.4. The molecule has 3 N–H and O–H groups in total. The summed E-state index contributed by atoms with van der Waals surface area (Å²) in [7, 11) is -1.01. The third-order valence-electron chi connectivity index (χ3n) is 8.33. The quantitative estimate of drug-likeness (QED) is 0.156. The molecule has 0 saturated carbocycles. The molecule has 1 aromatic heterocycles. The van der Waals surface area contributed by atoms with Crippen molar-refractivity contribution in [3.8, 4) is 0 Å². The maximum absolute atomic E-state index is 13.6. The van der Waals surface area contributed by atoms with Crippen molar-refractivity contribution >= 4 is 31.0 Å². The van der Waals surface area contributed by atoms with Crippen LogP contribution in [0.2, 0.25) is 6.32 Å². The Bertz CT molecular complexity index is 1140. The highest BCUT2D eigenvalue weighted by molar-refractivity contribution is 6.43. The predicted octanol–water partition coefficient (Wildman–Crippen LogP) is 4.05. The lowest BCUT2D eigenvalue weighted by atomic mass is 9.57. The van der Waals surface area contributed by atoms with E-state index in [1.807, 2.05) is 19.1 Å². The van der Waals surface area contributed by atoms with Gasteiger partial charge in [0, 0.05) is 13.0 Å². The summed E-state index contributed by atoms with van der Waals surface area (Å²) in [5.41, 5.74) is 3.30. The first-order chi connectivity index (χ1) is 18.6. The fraction of sp³-hybridized carbons (Fsp3) is 0.621. The number of carbonyl (C=O) groups is 3. The molecular weight excluding hydrogens is 501 g/mol. The van der Waals surface area contributed by atoms with Gasteiger partial charge >= 0.3 is 13.1 Å². The number of fused-ring (bicyclic) bond motifs is 3. The van der Waals surface area contributed by atoms with E-state index in [0.29, 0.717) is 62.9 Å². The van der Waals surface area contributed by atoms with E-state index in [1.54, 1.807) is 6.07 Å². The first-order valence-electron chi connectivity index (χ1n) is 14.1. The van der Waals surface area contributed by atoms with Gasteiger partial charge in [0.05, 0.1) is 17.9 Å². The van der Waals surface area contributed by atoms with Crippen LogP contribution in [0.15, 0.2) is 33.3 Å². The standard InChI is InChI=1S/C29H40BNO8/c1-17(2)21-14-22-27(29(36)31(28(22)35)12-6-4-5-7-25(33)34)23-15-30(37)39-24(26(21)23)11-8-18(3)13-19-9-10-20(16-32)38-19/h9-10,13,17,22-24,27,32,37H,4-8,11-12,14-16H2,1-3H3,(H,33,34)/b18-13+/t22-,23+,24-,27-/m1/s1. The second kappa shape index (κ2) is 12.7. The molecule has 3 heterocycles. The number of allylic oxidation sites excluding steroid dienone is 2. The topological polar surface area (TPSA) is 138 Å². The molecule has 9 nitrogen and oxygen atoms in total. The van der Waals surface area contributed by atoms with Crippen LogP contribution in [0.4, 0.5) is 0 Å². The van der Waals surface area contributed by atoms with Gasteiger partial charge in [0.2, 0.25) is 11.8 Å². The monoisotopic (exact) mass is 541 g/mol. The Kier molecular flexibility index (Phi) is 9.51. The van der Waals surface area contributed by atoms with Gasteiger partial charge in [-0.15, -0.1) is 0 Å². The van der Waals surface area contributed by atoms with E-state index in [9.17, 15) is 24.5 Å². The molecule has 0 aromatic carbocycles. The summed E-state index contributed by atoms with van der Waals surface area (Å²) in [5.74, 6) is -0.971. The summed E-state index contributed by atoms with van der Waals surface area (Å²) in [6.45, 7) is 6.36. The van der Waals surface area contributed by atoms with Crippen LogP contribution in [-0.4, -0.2) is 57.7 Å². The molecule has 0 unspecified atom stereocenters. The SMILES string of the molecule is C/C(=C\c1ccc(CO)o1)CC[C@H]1OB(O)C[C@H]2C1=C(C(C)C)C[C@H]1C(=O)N(CCCCCC(=O)O)C(=O)[C@H]12. The van der Waals surface area contributed by atoms with Crippen molar-refractivity contribution < 1.29 is 38.7 Å². The van der Waals surface area contributed by atoms with Crippen LogP contribution in [0.25, 0.3) is 6.08 Å². The Morgan fingerprint density at radius 1 is 1.15 bits per heavy atom. The van der Waals surface area contributed by atoms with E-state index in [2.05, 4.69) is 13.8 Å². The minimum absolute atomic E-state index is 0.0827. The first kappa shape index (κ1) is 29.3. The number of hydrogen-bond acceptors (Lipinski definition) is 7. The number of imide groups is 1. The Morgan fingerprint density at radius 2 is 1.92 bits per heavy atom. The minimum Gasteiger partial charge on any atom is -0.481 e. The number of aliphatic hydroxyl groups is 1. The fourth-order valence-corrected chi connectivity index (χ4v) is 6.49. The average molecular weight is 541 g/mol. The Labute approximate surface area is 230 Å². The lowest BCUT2D eigenvalue weighted by Gasteiger charge is -2.44. The molecule has 1 aliphatic carbocycles. The van der Waals surface area contributed by atoms with Crippen molar-refractivity contribution in [1.29, 1.82) is 0 Å². The maximum atomic E-state index is 13.6. The molecule has 4 atom stereocenters. The van der Waals surface area contributed by atoms with E-state index < -0.39 is 24.9 Å². The number of nitrogens with zero attached hydrogens (tertiary/aromatic N) is 1. The molecular formula is C29H40BNO8. The number of hydrogen-bond donors (Lipinski definition) is 3. The number of unbranched alkanes of at least 4 members (excludes halogenated alkanes) is 2. The summed E-state index contributed by atoms with van der Waals surface area (Å²) >= 11 is 0. The van der Waals surface area contributed by atoms with Gasteiger partial charge in [0.25, 0.3) is 0 Å². The molecule has 2 fully saturated rings. The lowest BCUT2D eigenvalue weighted by molar-refractivity contribution is -0.141. The molecule has 2 amide bonds. The molecule has 4 rings (SSSR count). The van der Waals surface area contributed by atoms with Gasteiger partial charge in [-0.3, -0.25) is 19.3 Å². The summed E-state index contributed by atoms with van der Waals surface area (Å²) in [5, 5.41) is 28.8. The Hall–Kier alpha value is -2.69. The van der Waals surface area contributed by atoms with Crippen LogP contribution < -0.4 is 0 Å². The average Bonchev–Trinajstić information content (AvgIpc) is 3.43. The molecule has 0 spiro atoms. The van der Waals surface area contributed by atoms with Gasteiger partial charge in [0.15, 0.2) is 0 Å². The number of carboxylic acids is 1. The molecule has 212 valence electrons. The third-order valence-corrected chi connectivity index (χ3v) is 8.33. The van der Waals surface area contributed by atoms with Gasteiger partial charge in [-0.2, -0.15) is 0 Å². The fourth-order valence-electron chi connectivity index (χ4n) is 6.49. The van der Waals surface area contributed by atoms with Crippen LogP contribution in [0, 0.1) is 23.7 Å². The zero-order valence-corrected chi connectivity index (χ0v) is 23.1. The normalized spacial score (nSPS) is 25.5. The molecule has 2 aliphatic heterocycles. The zero-order valence-electron chi connectivity index (χ0n) is 23.1. The third kappa shape index (κ3) is 6.56. The van der Waals surface area contributed by atoms with Crippen molar-refractivity contribution in [2.75, 3.05) is 6.54 Å². The number of carbonyl (C=O) groups excluding carboxylic acids is 2. The summed E-state index contributed by atoms with van der Waals surface area (Å²) in [6, 6.07) is 3.55. The molecule has 2 saturated heterocycles. The number of amides is 2. The van der Waals surface area contributed by atoms with Crippen LogP contribution in [0.1, 0.15) is 77.2 Å². The summed E-state index contributed by atoms with van der Waals surface area (Å²) < 4.78 is 11.6. The van der Waals surface area contributed by atoms with Crippen LogP contribution >= 0.6 is 0 Å². The highest BCUT2D eigenvalue weighted by Gasteiger charge is 2.57. The molecule has 1 aromatic rings. The van der Waals surface area contributed by atoms with Gasteiger partial charge in [-0.25, -0.2) is 0 Å². The molecule has 0 bridgehead atoms. The second-order valence-electron chi connectivity index (χ2n) is 11.4. The smallest absolute Gasteiger partial charge is 0.455 e. The van der Waals surface area contributed by atoms with E-state index in [-0.39, 0.29) is 42.8 Å². The number of furan rings is 1. The minimum atomic E-state index is -1.01. The number of rotatable bonds is 12. The van der Waals surface area contributed by atoms with Crippen molar-refractivity contribution in [3.05, 3.63) is 40.4 Å². The molecule has 3 aliphatic rings. The largest absolute Gasteiger partial charge is 0.481 e. The van der Waals surface area contributed by atoms with E-state index >= 15 is 0 Å². The van der Waals surface area contributed by atoms with Crippen molar-refractivity contribution in [3.63, 3.8) is 0 Å². The molecule has 0 radical (unpaired) electrons. The summed E-state index contributed by atoms with van der Waals surface area (Å²) in [4.78, 5) is 39.1. The van der Waals surface area contributed by atoms with E-state index in [4.69, 9.17) is 14.2 Å². The summed E-state index contributed by atoms with van der Waals surface area (Å²) in [6.07, 6.45) is 5.54. The number of aliphatic carboxylic acids is 1. The number of carboxylic acid groups (broad SMARTS) is 1. The van der Waals surface area contributed by atoms with Crippen molar-refractivity contribution in [1.82, 2.24) is 4.90 Å². The first-order valence-corrected chi connectivity index (χ1v) is 14.1. The number of likely N-dealkylation sites (tertiary alicyclic amines) is 1. The highest BCUT2D eigenvalue weighted by atomic mass is 16.5. The van der Waals surface area contributed by atoms with E-state index in [0.717, 1.165) is 16.7 Å². The van der Waals surface area contributed by atoms with Crippen LogP contribution in [-0.2, 0) is 25.6 Å². The van der Waals surface area contributed by atoms with Gasteiger partial charge in [-0.1, -0.05) is 31.4 Å². The van der Waals surface area contributed by atoms with Crippen LogP contribution in [0.3, 0.4) is 0 Å². The Balaban J connectivity index is 1.50. The number of aliphatic hydroxyl groups excluding tert-OH is 1. The van der Waals surface area contributed by atoms with Crippen molar-refractivity contribution in [2.45, 2.75) is 84.7 Å². The van der Waals surface area contributed by atoms with Crippen LogP contribution in [0.5, 0.6) is 0 Å². The van der Waals surface area contributed by atoms with Crippen molar-refractivity contribution in [2.24, 2.45) is 23.7 Å².